The molecule has 0 aromatic carbocycles. The molecule has 1 fully saturated rings. The summed E-state index contributed by atoms with van der Waals surface area (Å²) < 4.78 is 4.98. The molecule has 0 radical (unpaired) electrons. The molecule has 4 nitrogen and oxygen atoms in total. The van der Waals surface area contributed by atoms with E-state index in [9.17, 15) is 4.79 Å². The number of methoxy groups -OCH3 is 1. The van der Waals surface area contributed by atoms with Gasteiger partial charge in [0.1, 0.15) is 0 Å². The van der Waals surface area contributed by atoms with E-state index in [1.54, 1.807) is 18.1 Å². The predicted octanol–water partition coefficient (Wildman–Crippen LogP) is 0.399. The zero-order chi connectivity index (χ0) is 11.1. The van der Waals surface area contributed by atoms with Crippen molar-refractivity contribution in [3.63, 3.8) is 0 Å². The summed E-state index contributed by atoms with van der Waals surface area (Å²) in [7, 11) is 1.64. The van der Waals surface area contributed by atoms with Crippen LogP contribution in [0.4, 0.5) is 0 Å². The van der Waals surface area contributed by atoms with Crippen LogP contribution in [-0.2, 0) is 9.53 Å². The van der Waals surface area contributed by atoms with Crippen LogP contribution in [0.25, 0.3) is 0 Å². The molecular formula is C11H20N2O2. The molecule has 86 valence electrons. The van der Waals surface area contributed by atoms with Crippen LogP contribution in [0.2, 0.25) is 0 Å². The van der Waals surface area contributed by atoms with Crippen molar-refractivity contribution in [1.29, 1.82) is 0 Å². The van der Waals surface area contributed by atoms with Gasteiger partial charge in [0.15, 0.2) is 0 Å². The Morgan fingerprint density at radius 2 is 2.53 bits per heavy atom. The molecule has 1 rings (SSSR count). The van der Waals surface area contributed by atoms with E-state index in [1.807, 2.05) is 0 Å². The first-order valence-electron chi connectivity index (χ1n) is 5.41. The molecule has 1 aliphatic heterocycles. The van der Waals surface area contributed by atoms with E-state index in [2.05, 4.69) is 11.9 Å². The number of hydrogen-bond donors (Lipinski definition) is 1. The quantitative estimate of drug-likeness (QED) is 0.648. The minimum absolute atomic E-state index is 0.00167. The minimum Gasteiger partial charge on any atom is -0.383 e. The van der Waals surface area contributed by atoms with E-state index in [4.69, 9.17) is 4.74 Å². The van der Waals surface area contributed by atoms with Gasteiger partial charge >= 0.3 is 0 Å². The molecule has 0 spiro atoms. The fourth-order valence-corrected chi connectivity index (χ4v) is 1.76. The maximum atomic E-state index is 12.0. The highest BCUT2D eigenvalue weighted by atomic mass is 16.5. The Hall–Kier alpha value is -0.870. The van der Waals surface area contributed by atoms with E-state index in [1.165, 1.54) is 0 Å². The van der Waals surface area contributed by atoms with Crippen molar-refractivity contribution >= 4 is 5.91 Å². The summed E-state index contributed by atoms with van der Waals surface area (Å²) >= 11 is 0. The number of ether oxygens (including phenoxy) is 1. The molecular weight excluding hydrogens is 192 g/mol. The highest BCUT2D eigenvalue weighted by Gasteiger charge is 2.25. The molecule has 0 aromatic rings. The van der Waals surface area contributed by atoms with E-state index in [0.717, 1.165) is 19.4 Å². The van der Waals surface area contributed by atoms with Gasteiger partial charge in [0.05, 0.1) is 12.6 Å². The molecule has 1 aliphatic rings. The van der Waals surface area contributed by atoms with Crippen LogP contribution in [0.3, 0.4) is 0 Å². The molecule has 1 amide bonds. The van der Waals surface area contributed by atoms with Gasteiger partial charge in [-0.25, -0.2) is 0 Å². The lowest BCUT2D eigenvalue weighted by Gasteiger charge is -2.24. The van der Waals surface area contributed by atoms with Gasteiger partial charge in [-0.05, 0) is 19.4 Å². The third-order valence-electron chi connectivity index (χ3n) is 2.58. The summed E-state index contributed by atoms with van der Waals surface area (Å²) in [5.74, 6) is 0.171. The maximum absolute atomic E-state index is 12.0. The zero-order valence-corrected chi connectivity index (χ0v) is 9.37. The third kappa shape index (κ3) is 3.64. The maximum Gasteiger partial charge on any atom is 0.240 e. The van der Waals surface area contributed by atoms with E-state index in [-0.39, 0.29) is 11.9 Å². The normalized spacial score (nSPS) is 20.2. The van der Waals surface area contributed by atoms with Gasteiger partial charge in [0.2, 0.25) is 5.91 Å². The van der Waals surface area contributed by atoms with Crippen molar-refractivity contribution < 1.29 is 9.53 Å². The lowest BCUT2D eigenvalue weighted by atomic mass is 10.2. The van der Waals surface area contributed by atoms with E-state index < -0.39 is 0 Å². The standard InChI is InChI=1S/C11H20N2O2/c1-3-7-13(8-9-15-2)11(14)10-5-4-6-12-10/h3,10,12H,1,4-9H2,2H3. The fraction of sp³-hybridized carbons (Fsp3) is 0.727. The molecule has 15 heavy (non-hydrogen) atoms. The molecule has 0 saturated carbocycles. The second kappa shape index (κ2) is 6.58. The summed E-state index contributed by atoms with van der Waals surface area (Å²) in [5, 5.41) is 3.21. The smallest absolute Gasteiger partial charge is 0.240 e. The van der Waals surface area contributed by atoms with Crippen LogP contribution in [-0.4, -0.2) is 50.2 Å². The van der Waals surface area contributed by atoms with Gasteiger partial charge in [0.25, 0.3) is 0 Å². The summed E-state index contributed by atoms with van der Waals surface area (Å²) in [4.78, 5) is 13.8. The van der Waals surface area contributed by atoms with E-state index >= 15 is 0 Å². The topological polar surface area (TPSA) is 41.6 Å². The first-order valence-corrected chi connectivity index (χ1v) is 5.41. The van der Waals surface area contributed by atoms with Crippen LogP contribution in [0, 0.1) is 0 Å². The monoisotopic (exact) mass is 212 g/mol. The van der Waals surface area contributed by atoms with Crippen molar-refractivity contribution in [3.05, 3.63) is 12.7 Å². The highest BCUT2D eigenvalue weighted by molar-refractivity contribution is 5.82. The average Bonchev–Trinajstić information content (AvgIpc) is 2.76. The third-order valence-corrected chi connectivity index (χ3v) is 2.58. The Morgan fingerprint density at radius 1 is 1.73 bits per heavy atom. The van der Waals surface area contributed by atoms with Crippen LogP contribution in [0.15, 0.2) is 12.7 Å². The Labute approximate surface area is 91.3 Å². The van der Waals surface area contributed by atoms with Crippen molar-refractivity contribution in [3.8, 4) is 0 Å². The highest BCUT2D eigenvalue weighted by Crippen LogP contribution is 2.08. The minimum atomic E-state index is 0.00167. The van der Waals surface area contributed by atoms with Crippen molar-refractivity contribution in [2.24, 2.45) is 0 Å². The number of nitrogens with zero attached hydrogens (tertiary/aromatic N) is 1. The van der Waals surface area contributed by atoms with Gasteiger partial charge in [0, 0.05) is 20.2 Å². The molecule has 1 unspecified atom stereocenters. The largest absolute Gasteiger partial charge is 0.383 e. The summed E-state index contributed by atoms with van der Waals surface area (Å²) in [6.45, 7) is 6.42. The number of carbonyl (C=O) groups excluding carboxylic acids is 1. The average molecular weight is 212 g/mol. The van der Waals surface area contributed by atoms with Crippen LogP contribution in [0.5, 0.6) is 0 Å². The number of hydrogen-bond acceptors (Lipinski definition) is 3. The van der Waals surface area contributed by atoms with Gasteiger partial charge in [-0.1, -0.05) is 6.08 Å². The molecule has 0 aliphatic carbocycles. The summed E-state index contributed by atoms with van der Waals surface area (Å²) in [6, 6.07) is 0.00167. The Bertz CT molecular complexity index is 213. The molecule has 1 atom stereocenters. The Kier molecular flexibility index (Phi) is 5.36. The van der Waals surface area contributed by atoms with Gasteiger partial charge in [-0.15, -0.1) is 6.58 Å². The molecule has 1 N–H and O–H groups in total. The predicted molar refractivity (Wildman–Crippen MR) is 59.7 cm³/mol. The van der Waals surface area contributed by atoms with Crippen molar-refractivity contribution in [1.82, 2.24) is 10.2 Å². The lowest BCUT2D eigenvalue weighted by molar-refractivity contribution is -0.133. The van der Waals surface area contributed by atoms with Crippen molar-refractivity contribution in [2.75, 3.05) is 33.4 Å². The first kappa shape index (κ1) is 12.2. The molecule has 1 saturated heterocycles. The second-order valence-corrected chi connectivity index (χ2v) is 3.71. The number of rotatable bonds is 6. The summed E-state index contributed by atoms with van der Waals surface area (Å²) in [5.41, 5.74) is 0. The fourth-order valence-electron chi connectivity index (χ4n) is 1.76. The molecule has 1 heterocycles. The molecule has 0 aromatic heterocycles. The van der Waals surface area contributed by atoms with Crippen LogP contribution >= 0.6 is 0 Å². The number of amides is 1. The van der Waals surface area contributed by atoms with Crippen LogP contribution in [0.1, 0.15) is 12.8 Å². The van der Waals surface area contributed by atoms with E-state index in [0.29, 0.717) is 19.7 Å². The second-order valence-electron chi connectivity index (χ2n) is 3.71. The lowest BCUT2D eigenvalue weighted by Crippen LogP contribution is -2.44. The Morgan fingerprint density at radius 3 is 3.07 bits per heavy atom. The zero-order valence-electron chi connectivity index (χ0n) is 9.37. The van der Waals surface area contributed by atoms with Crippen molar-refractivity contribution in [2.45, 2.75) is 18.9 Å². The SMILES string of the molecule is C=CCN(CCOC)C(=O)C1CCCN1. The number of carbonyl (C=O) groups is 1. The van der Waals surface area contributed by atoms with Gasteiger partial charge < -0.3 is 15.0 Å². The van der Waals surface area contributed by atoms with Gasteiger partial charge in [-0.2, -0.15) is 0 Å². The summed E-state index contributed by atoms with van der Waals surface area (Å²) in [6.07, 6.45) is 3.78. The molecule has 4 heteroatoms. The Balaban J connectivity index is 2.45. The first-order chi connectivity index (χ1) is 7.29. The van der Waals surface area contributed by atoms with Gasteiger partial charge in [-0.3, -0.25) is 4.79 Å². The van der Waals surface area contributed by atoms with Crippen LogP contribution < -0.4 is 5.32 Å². The number of nitrogens with one attached hydrogen (secondary N) is 1. The molecule has 0 bridgehead atoms.